The van der Waals surface area contributed by atoms with E-state index < -0.39 is 0 Å². The van der Waals surface area contributed by atoms with Crippen LogP contribution >= 0.6 is 0 Å². The molecule has 1 rings (SSSR count). The first-order chi connectivity index (χ1) is 6.81. The number of carbonyl (C=O) groups is 1. The quantitative estimate of drug-likeness (QED) is 0.652. The highest BCUT2D eigenvalue weighted by atomic mass is 16.1. The van der Waals surface area contributed by atoms with Gasteiger partial charge in [0.15, 0.2) is 0 Å². The van der Waals surface area contributed by atoms with E-state index in [0.717, 1.165) is 25.5 Å². The van der Waals surface area contributed by atoms with Crippen LogP contribution in [0.15, 0.2) is 18.2 Å². The van der Waals surface area contributed by atoms with Gasteiger partial charge in [-0.15, -0.1) is 0 Å². The molecule has 0 radical (unpaired) electrons. The van der Waals surface area contributed by atoms with E-state index in [-0.39, 0.29) is 0 Å². The molecule has 0 aliphatic carbocycles. The van der Waals surface area contributed by atoms with Gasteiger partial charge in [0, 0.05) is 6.42 Å². The van der Waals surface area contributed by atoms with Crippen molar-refractivity contribution >= 4 is 6.29 Å². The molecule has 0 saturated carbocycles. The van der Waals surface area contributed by atoms with Gasteiger partial charge < -0.3 is 4.79 Å². The predicted octanol–water partition coefficient (Wildman–Crippen LogP) is 2.94. The molecule has 1 aromatic rings. The molecule has 0 fully saturated rings. The van der Waals surface area contributed by atoms with Crippen LogP contribution in [-0.4, -0.2) is 6.29 Å². The summed E-state index contributed by atoms with van der Waals surface area (Å²) in [4.78, 5) is 10.3. The summed E-state index contributed by atoms with van der Waals surface area (Å²) >= 11 is 0. The van der Waals surface area contributed by atoms with Crippen LogP contribution in [0.25, 0.3) is 0 Å². The van der Waals surface area contributed by atoms with Crippen LogP contribution in [0, 0.1) is 0 Å². The molecule has 1 heteroatoms. The summed E-state index contributed by atoms with van der Waals surface area (Å²) < 4.78 is 0. The number of rotatable bonds is 5. The van der Waals surface area contributed by atoms with Gasteiger partial charge in [-0.25, -0.2) is 0 Å². The van der Waals surface area contributed by atoms with Crippen molar-refractivity contribution in [2.24, 2.45) is 0 Å². The SMILES string of the molecule is CCc1ccc(CCC=O)cc1CC. The standard InChI is InChI=1S/C13H18O/c1-3-12-8-7-11(6-5-9-14)10-13(12)4-2/h7-10H,3-6H2,1-2H3. The maximum atomic E-state index is 10.3. The number of aryl methyl sites for hydroxylation is 3. The normalized spacial score (nSPS) is 10.1. The van der Waals surface area contributed by atoms with E-state index in [1.54, 1.807) is 0 Å². The highest BCUT2D eigenvalue weighted by Gasteiger charge is 2.00. The molecule has 14 heavy (non-hydrogen) atoms. The topological polar surface area (TPSA) is 17.1 Å². The Morgan fingerprint density at radius 2 is 1.86 bits per heavy atom. The molecule has 0 aliphatic rings. The smallest absolute Gasteiger partial charge is 0.120 e. The lowest BCUT2D eigenvalue weighted by Crippen LogP contribution is -1.94. The molecule has 1 nitrogen and oxygen atoms in total. The molecular weight excluding hydrogens is 172 g/mol. The first-order valence-electron chi connectivity index (χ1n) is 5.36. The van der Waals surface area contributed by atoms with Crippen LogP contribution < -0.4 is 0 Å². The molecule has 0 unspecified atom stereocenters. The third kappa shape index (κ3) is 2.69. The highest BCUT2D eigenvalue weighted by Crippen LogP contribution is 2.14. The lowest BCUT2D eigenvalue weighted by Gasteiger charge is -2.07. The fourth-order valence-corrected chi connectivity index (χ4v) is 1.73. The van der Waals surface area contributed by atoms with Gasteiger partial charge >= 0.3 is 0 Å². The van der Waals surface area contributed by atoms with Crippen molar-refractivity contribution in [1.29, 1.82) is 0 Å². The van der Waals surface area contributed by atoms with Gasteiger partial charge in [-0.05, 0) is 36.0 Å². The molecule has 1 aromatic carbocycles. The van der Waals surface area contributed by atoms with Crippen molar-refractivity contribution in [1.82, 2.24) is 0 Å². The van der Waals surface area contributed by atoms with Crippen LogP contribution in [0.5, 0.6) is 0 Å². The summed E-state index contributed by atoms with van der Waals surface area (Å²) in [6, 6.07) is 6.57. The number of aldehydes is 1. The Labute approximate surface area is 86.1 Å². The minimum Gasteiger partial charge on any atom is -0.303 e. The third-order valence-electron chi connectivity index (χ3n) is 2.58. The second-order valence-corrected chi connectivity index (χ2v) is 3.52. The Balaban J connectivity index is 2.83. The van der Waals surface area contributed by atoms with Crippen LogP contribution in [0.3, 0.4) is 0 Å². The van der Waals surface area contributed by atoms with Crippen LogP contribution in [-0.2, 0) is 24.1 Å². The lowest BCUT2D eigenvalue weighted by molar-refractivity contribution is -0.107. The van der Waals surface area contributed by atoms with Crippen molar-refractivity contribution in [3.63, 3.8) is 0 Å². The van der Waals surface area contributed by atoms with Crippen LogP contribution in [0.1, 0.15) is 37.0 Å². The van der Waals surface area contributed by atoms with Crippen molar-refractivity contribution in [2.45, 2.75) is 39.5 Å². The van der Waals surface area contributed by atoms with Gasteiger partial charge in [-0.2, -0.15) is 0 Å². The summed E-state index contributed by atoms with van der Waals surface area (Å²) in [7, 11) is 0. The van der Waals surface area contributed by atoms with E-state index in [1.165, 1.54) is 16.7 Å². The second-order valence-electron chi connectivity index (χ2n) is 3.52. The Bertz CT molecular complexity index is 302. The lowest BCUT2D eigenvalue weighted by atomic mass is 9.98. The zero-order chi connectivity index (χ0) is 10.4. The van der Waals surface area contributed by atoms with E-state index in [4.69, 9.17) is 0 Å². The Morgan fingerprint density at radius 1 is 1.14 bits per heavy atom. The minimum absolute atomic E-state index is 0.634. The fourth-order valence-electron chi connectivity index (χ4n) is 1.73. The number of hydrogen-bond acceptors (Lipinski definition) is 1. The summed E-state index contributed by atoms with van der Waals surface area (Å²) in [5.74, 6) is 0. The largest absolute Gasteiger partial charge is 0.303 e. The van der Waals surface area contributed by atoms with Gasteiger partial charge in [-0.1, -0.05) is 32.0 Å². The zero-order valence-electron chi connectivity index (χ0n) is 9.05. The van der Waals surface area contributed by atoms with Crippen LogP contribution in [0.2, 0.25) is 0 Å². The van der Waals surface area contributed by atoms with E-state index in [1.807, 2.05) is 0 Å². The van der Waals surface area contributed by atoms with Gasteiger partial charge in [0.2, 0.25) is 0 Å². The van der Waals surface area contributed by atoms with Gasteiger partial charge in [0.1, 0.15) is 6.29 Å². The molecule has 0 atom stereocenters. The summed E-state index contributed by atoms with van der Waals surface area (Å²) in [6.07, 6.45) is 4.67. The number of benzene rings is 1. The van der Waals surface area contributed by atoms with Crippen molar-refractivity contribution in [3.8, 4) is 0 Å². The van der Waals surface area contributed by atoms with Gasteiger partial charge in [-0.3, -0.25) is 0 Å². The molecule has 0 saturated heterocycles. The average molecular weight is 190 g/mol. The van der Waals surface area contributed by atoms with Crippen LogP contribution in [0.4, 0.5) is 0 Å². The van der Waals surface area contributed by atoms with E-state index in [9.17, 15) is 4.79 Å². The third-order valence-corrected chi connectivity index (χ3v) is 2.58. The van der Waals surface area contributed by atoms with Crippen molar-refractivity contribution in [3.05, 3.63) is 34.9 Å². The average Bonchev–Trinajstić information content (AvgIpc) is 2.25. The predicted molar refractivity (Wildman–Crippen MR) is 59.6 cm³/mol. The summed E-state index contributed by atoms with van der Waals surface area (Å²) in [6.45, 7) is 4.36. The van der Waals surface area contributed by atoms with E-state index >= 15 is 0 Å². The number of carbonyl (C=O) groups excluding carboxylic acids is 1. The fraction of sp³-hybridized carbons (Fsp3) is 0.462. The van der Waals surface area contributed by atoms with E-state index in [0.29, 0.717) is 6.42 Å². The monoisotopic (exact) mass is 190 g/mol. The van der Waals surface area contributed by atoms with Gasteiger partial charge in [0.25, 0.3) is 0 Å². The molecule has 0 amide bonds. The molecule has 0 bridgehead atoms. The minimum atomic E-state index is 0.634. The Kier molecular flexibility index (Phi) is 4.37. The molecule has 0 spiro atoms. The maximum Gasteiger partial charge on any atom is 0.120 e. The van der Waals surface area contributed by atoms with Crippen molar-refractivity contribution in [2.75, 3.05) is 0 Å². The Hall–Kier alpha value is -1.11. The maximum absolute atomic E-state index is 10.3. The molecular formula is C13H18O. The highest BCUT2D eigenvalue weighted by molar-refractivity contribution is 5.50. The first kappa shape index (κ1) is 11.0. The van der Waals surface area contributed by atoms with E-state index in [2.05, 4.69) is 32.0 Å². The molecule has 0 heterocycles. The van der Waals surface area contributed by atoms with Crippen molar-refractivity contribution < 1.29 is 4.79 Å². The molecule has 0 aliphatic heterocycles. The molecule has 0 N–H and O–H groups in total. The number of hydrogen-bond donors (Lipinski definition) is 0. The Morgan fingerprint density at radius 3 is 2.43 bits per heavy atom. The second kappa shape index (κ2) is 5.58. The molecule has 76 valence electrons. The van der Waals surface area contributed by atoms with Gasteiger partial charge in [0.05, 0.1) is 0 Å². The zero-order valence-corrected chi connectivity index (χ0v) is 9.05. The first-order valence-corrected chi connectivity index (χ1v) is 5.36. The summed E-state index contributed by atoms with van der Waals surface area (Å²) in [5.41, 5.74) is 4.14. The molecule has 0 aromatic heterocycles. The summed E-state index contributed by atoms with van der Waals surface area (Å²) in [5, 5.41) is 0.